The third kappa shape index (κ3) is 4.92. The zero-order valence-electron chi connectivity index (χ0n) is 19.5. The molecular formula is C26H27N3O4S2. The monoisotopic (exact) mass is 509 g/mol. The van der Waals surface area contributed by atoms with Gasteiger partial charge < -0.3 is 9.64 Å². The molecule has 35 heavy (non-hydrogen) atoms. The molecule has 2 aromatic carbocycles. The number of rotatable bonds is 7. The molecular weight excluding hydrogens is 482 g/mol. The highest BCUT2D eigenvalue weighted by atomic mass is 32.2. The van der Waals surface area contributed by atoms with E-state index in [9.17, 15) is 14.4 Å². The van der Waals surface area contributed by atoms with Gasteiger partial charge >= 0.3 is 0 Å². The molecule has 3 amide bonds. The molecule has 0 bridgehead atoms. The quantitative estimate of drug-likeness (QED) is 0.333. The van der Waals surface area contributed by atoms with Gasteiger partial charge in [-0.15, -0.1) is 11.3 Å². The van der Waals surface area contributed by atoms with Gasteiger partial charge in [-0.3, -0.25) is 14.4 Å². The first-order chi connectivity index (χ1) is 17.0. The molecule has 7 nitrogen and oxygen atoms in total. The van der Waals surface area contributed by atoms with E-state index in [2.05, 4.69) is 4.98 Å². The fourth-order valence-electron chi connectivity index (χ4n) is 4.94. The summed E-state index contributed by atoms with van der Waals surface area (Å²) < 4.78 is 7.10. The number of methoxy groups -OCH3 is 1. The second-order valence-electron chi connectivity index (χ2n) is 8.81. The van der Waals surface area contributed by atoms with Crippen LogP contribution in [0.2, 0.25) is 0 Å². The van der Waals surface area contributed by atoms with Crippen LogP contribution in [0.1, 0.15) is 38.5 Å². The number of amides is 3. The van der Waals surface area contributed by atoms with Crippen LogP contribution < -0.4 is 9.64 Å². The van der Waals surface area contributed by atoms with Crippen molar-refractivity contribution in [3.63, 3.8) is 0 Å². The third-order valence-corrected chi connectivity index (χ3v) is 8.80. The van der Waals surface area contributed by atoms with Crippen molar-refractivity contribution < 1.29 is 19.1 Å². The maximum absolute atomic E-state index is 13.6. The van der Waals surface area contributed by atoms with E-state index in [1.165, 1.54) is 16.7 Å². The highest BCUT2D eigenvalue weighted by molar-refractivity contribution is 8.01. The van der Waals surface area contributed by atoms with E-state index in [0.29, 0.717) is 11.4 Å². The first-order valence-corrected chi connectivity index (χ1v) is 13.7. The fraction of sp³-hybridized carbons (Fsp3) is 0.385. The summed E-state index contributed by atoms with van der Waals surface area (Å²) in [5.74, 6) is 0.123. The van der Waals surface area contributed by atoms with Gasteiger partial charge in [0.1, 0.15) is 11.8 Å². The number of hydrogen-bond acceptors (Lipinski definition) is 7. The summed E-state index contributed by atoms with van der Waals surface area (Å²) in [7, 11) is 1.57. The third-order valence-electron chi connectivity index (χ3n) is 6.64. The van der Waals surface area contributed by atoms with Gasteiger partial charge in [0.2, 0.25) is 11.8 Å². The zero-order valence-corrected chi connectivity index (χ0v) is 21.1. The molecule has 2 heterocycles. The van der Waals surface area contributed by atoms with E-state index in [1.807, 2.05) is 24.3 Å². The Kier molecular flexibility index (Phi) is 7.06. The minimum Gasteiger partial charge on any atom is -0.497 e. The maximum Gasteiger partial charge on any atom is 0.257 e. The summed E-state index contributed by atoms with van der Waals surface area (Å²) in [4.78, 5) is 47.6. The molecule has 1 atom stereocenters. The molecule has 0 radical (unpaired) electrons. The number of ether oxygens (including phenoxy) is 1. The molecule has 182 valence electrons. The number of hydrogen-bond donors (Lipinski definition) is 0. The van der Waals surface area contributed by atoms with Crippen LogP contribution in [0.3, 0.4) is 0 Å². The van der Waals surface area contributed by atoms with E-state index in [4.69, 9.17) is 4.74 Å². The van der Waals surface area contributed by atoms with Gasteiger partial charge in [0.05, 0.1) is 35.2 Å². The van der Waals surface area contributed by atoms with Crippen LogP contribution in [-0.4, -0.2) is 52.6 Å². The number of nitrogens with zero attached hydrogens (tertiary/aromatic N) is 3. The van der Waals surface area contributed by atoms with Crippen LogP contribution in [0.15, 0.2) is 52.9 Å². The van der Waals surface area contributed by atoms with Gasteiger partial charge in [-0.1, -0.05) is 43.2 Å². The number of thiazole rings is 1. The van der Waals surface area contributed by atoms with Crippen molar-refractivity contribution >= 4 is 56.7 Å². The van der Waals surface area contributed by atoms with Crippen LogP contribution in [0.5, 0.6) is 5.75 Å². The Hall–Kier alpha value is -2.91. The highest BCUT2D eigenvalue weighted by Crippen LogP contribution is 2.34. The van der Waals surface area contributed by atoms with E-state index in [-0.39, 0.29) is 35.9 Å². The first kappa shape index (κ1) is 23.8. The number of aromatic nitrogens is 1. The Labute approximate surface area is 212 Å². The second-order valence-corrected chi connectivity index (χ2v) is 11.1. The fourth-order valence-corrected chi connectivity index (χ4v) is 6.88. The summed E-state index contributed by atoms with van der Waals surface area (Å²) in [6.45, 7) is 0. The van der Waals surface area contributed by atoms with Crippen LogP contribution in [0.25, 0.3) is 10.2 Å². The van der Waals surface area contributed by atoms with Gasteiger partial charge in [0.25, 0.3) is 5.91 Å². The number of benzene rings is 2. The summed E-state index contributed by atoms with van der Waals surface area (Å²) in [6, 6.07) is 14.0. The molecule has 5 rings (SSSR count). The van der Waals surface area contributed by atoms with E-state index in [1.54, 1.807) is 47.6 Å². The molecule has 1 unspecified atom stereocenters. The lowest BCUT2D eigenvalue weighted by Gasteiger charge is -2.37. The van der Waals surface area contributed by atoms with Crippen LogP contribution >= 0.6 is 23.1 Å². The van der Waals surface area contributed by atoms with E-state index < -0.39 is 6.04 Å². The SMILES string of the molecule is COc1ccc(N2C(=O)CC(N(C(=O)CSc3nc4ccccc4s3)C3CCCCC3)C2=O)cc1. The van der Waals surface area contributed by atoms with Crippen molar-refractivity contribution in [2.45, 2.75) is 54.9 Å². The Morgan fingerprint density at radius 1 is 1.11 bits per heavy atom. The Balaban J connectivity index is 1.36. The average molecular weight is 510 g/mol. The van der Waals surface area contributed by atoms with Crippen molar-refractivity contribution in [1.82, 2.24) is 9.88 Å². The minimum atomic E-state index is -0.767. The minimum absolute atomic E-state index is 0.0128. The Morgan fingerprint density at radius 2 is 1.86 bits per heavy atom. The molecule has 1 aliphatic carbocycles. The standard InChI is InChI=1S/C26H27N3O4S2/c1-33-19-13-11-18(12-14-19)29-23(30)15-21(25(29)32)28(17-7-3-2-4-8-17)24(31)16-34-26-27-20-9-5-6-10-22(20)35-26/h5-6,9-14,17,21H,2-4,7-8,15-16H2,1H3. The predicted molar refractivity (Wildman–Crippen MR) is 138 cm³/mol. The lowest BCUT2D eigenvalue weighted by molar-refractivity contribution is -0.139. The normalized spacial score (nSPS) is 18.9. The van der Waals surface area contributed by atoms with Gasteiger partial charge in [0, 0.05) is 6.04 Å². The van der Waals surface area contributed by atoms with Crippen LogP contribution in [0.4, 0.5) is 5.69 Å². The molecule has 1 saturated carbocycles. The number of carbonyl (C=O) groups excluding carboxylic acids is 3. The van der Waals surface area contributed by atoms with Crippen molar-refractivity contribution in [1.29, 1.82) is 0 Å². The lowest BCUT2D eigenvalue weighted by Crippen LogP contribution is -2.52. The molecule has 0 N–H and O–H groups in total. The molecule has 2 aliphatic rings. The topological polar surface area (TPSA) is 79.8 Å². The second kappa shape index (κ2) is 10.4. The van der Waals surface area contributed by atoms with Gasteiger partial charge in [-0.05, 0) is 49.2 Å². The maximum atomic E-state index is 13.6. The molecule has 1 aromatic heterocycles. The van der Waals surface area contributed by atoms with Crippen molar-refractivity contribution in [3.05, 3.63) is 48.5 Å². The Bertz CT molecular complexity index is 1200. The summed E-state index contributed by atoms with van der Waals surface area (Å²) >= 11 is 2.96. The summed E-state index contributed by atoms with van der Waals surface area (Å²) in [5, 5.41) is 0. The van der Waals surface area contributed by atoms with Gasteiger partial charge in [0.15, 0.2) is 4.34 Å². The molecule has 0 spiro atoms. The summed E-state index contributed by atoms with van der Waals surface area (Å²) in [5.41, 5.74) is 1.42. The van der Waals surface area contributed by atoms with Gasteiger partial charge in [-0.2, -0.15) is 0 Å². The van der Waals surface area contributed by atoms with Crippen molar-refractivity contribution in [2.75, 3.05) is 17.8 Å². The number of thioether (sulfide) groups is 1. The van der Waals surface area contributed by atoms with Crippen LogP contribution in [0, 0.1) is 0 Å². The average Bonchev–Trinajstić information content (AvgIpc) is 3.43. The smallest absolute Gasteiger partial charge is 0.257 e. The zero-order chi connectivity index (χ0) is 24.4. The van der Waals surface area contributed by atoms with Crippen molar-refractivity contribution in [2.24, 2.45) is 0 Å². The van der Waals surface area contributed by atoms with E-state index >= 15 is 0 Å². The summed E-state index contributed by atoms with van der Waals surface area (Å²) in [6.07, 6.45) is 4.91. The number of fused-ring (bicyclic) bond motifs is 1. The van der Waals surface area contributed by atoms with Crippen LogP contribution in [-0.2, 0) is 14.4 Å². The molecule has 9 heteroatoms. The Morgan fingerprint density at radius 3 is 2.57 bits per heavy atom. The highest BCUT2D eigenvalue weighted by Gasteiger charge is 2.46. The lowest BCUT2D eigenvalue weighted by atomic mass is 9.92. The number of para-hydroxylation sites is 1. The number of imide groups is 1. The van der Waals surface area contributed by atoms with Gasteiger partial charge in [-0.25, -0.2) is 9.88 Å². The van der Waals surface area contributed by atoms with Crippen molar-refractivity contribution in [3.8, 4) is 5.75 Å². The number of carbonyl (C=O) groups is 3. The molecule has 3 aromatic rings. The molecule has 1 aliphatic heterocycles. The van der Waals surface area contributed by atoms with E-state index in [0.717, 1.165) is 46.7 Å². The number of anilines is 1. The first-order valence-electron chi connectivity index (χ1n) is 11.9. The predicted octanol–water partition coefficient (Wildman–Crippen LogP) is 4.89. The largest absolute Gasteiger partial charge is 0.497 e. The molecule has 2 fully saturated rings. The molecule has 1 saturated heterocycles.